The van der Waals surface area contributed by atoms with Gasteiger partial charge in [0.05, 0.1) is 10.6 Å². The van der Waals surface area contributed by atoms with Crippen LogP contribution in [0.4, 0.5) is 5.69 Å². The van der Waals surface area contributed by atoms with Crippen LogP contribution < -0.4 is 15.0 Å². The first kappa shape index (κ1) is 23.3. The molecular weight excluding hydrogens is 454 g/mol. The minimum atomic E-state index is -0.905. The molecule has 2 aromatic carbocycles. The first-order valence-electron chi connectivity index (χ1n) is 10.7. The maximum absolute atomic E-state index is 13.1. The van der Waals surface area contributed by atoms with Crippen LogP contribution in [-0.4, -0.2) is 51.6 Å². The lowest BCUT2D eigenvalue weighted by Crippen LogP contribution is -2.49. The fourth-order valence-corrected chi connectivity index (χ4v) is 3.44. The molecule has 0 saturated carbocycles. The van der Waals surface area contributed by atoms with E-state index in [9.17, 15) is 9.59 Å². The predicted octanol–water partition coefficient (Wildman–Crippen LogP) is 2.92. The molecular formula is C25H24ClN5O3. The molecule has 0 fully saturated rings. The molecule has 0 spiro atoms. The molecule has 9 heteroatoms. The van der Waals surface area contributed by atoms with Crippen LogP contribution >= 0.6 is 11.6 Å². The number of benzene rings is 2. The Balaban J connectivity index is 1.46. The van der Waals surface area contributed by atoms with E-state index in [4.69, 9.17) is 16.3 Å². The highest BCUT2D eigenvalue weighted by atomic mass is 35.5. The van der Waals surface area contributed by atoms with E-state index in [2.05, 4.69) is 32.3 Å². The first-order valence-corrected chi connectivity index (χ1v) is 11.1. The number of likely N-dealkylation sites (N-methyl/N-ethyl adjacent to an activating group) is 1. The van der Waals surface area contributed by atoms with Gasteiger partial charge in [-0.15, -0.1) is 16.7 Å². The molecule has 3 aromatic rings. The highest BCUT2D eigenvalue weighted by molar-refractivity contribution is 6.25. The number of nitrogens with zero attached hydrogens (tertiary/aromatic N) is 3. The molecule has 0 radical (unpaired) electrons. The Morgan fingerprint density at radius 3 is 2.79 bits per heavy atom. The number of halogens is 1. The number of hydrogen-bond acceptors (Lipinski definition) is 5. The van der Waals surface area contributed by atoms with Crippen LogP contribution in [-0.2, 0) is 11.2 Å². The predicted molar refractivity (Wildman–Crippen MR) is 129 cm³/mol. The minimum Gasteiger partial charge on any atom is -0.489 e. The van der Waals surface area contributed by atoms with Gasteiger partial charge in [0.25, 0.3) is 11.8 Å². The number of rotatable bonds is 4. The van der Waals surface area contributed by atoms with Crippen molar-refractivity contribution in [2.75, 3.05) is 18.6 Å². The second-order valence-electron chi connectivity index (χ2n) is 8.41. The van der Waals surface area contributed by atoms with Crippen molar-refractivity contribution in [3.63, 3.8) is 0 Å². The largest absolute Gasteiger partial charge is 0.489 e. The van der Waals surface area contributed by atoms with Gasteiger partial charge in [0.2, 0.25) is 5.82 Å². The number of anilines is 1. The van der Waals surface area contributed by atoms with E-state index >= 15 is 0 Å². The lowest BCUT2D eigenvalue weighted by atomic mass is 10.1. The average Bonchev–Trinajstić information content (AvgIpc) is 3.24. The number of aromatic amines is 1. The molecule has 1 atom stereocenters. The van der Waals surface area contributed by atoms with Gasteiger partial charge in [-0.25, -0.2) is 4.98 Å². The van der Waals surface area contributed by atoms with Gasteiger partial charge in [-0.05, 0) is 37.6 Å². The molecule has 0 saturated heterocycles. The summed E-state index contributed by atoms with van der Waals surface area (Å²) in [5.41, 5.74) is 2.30. The Kier molecular flexibility index (Phi) is 6.57. The van der Waals surface area contributed by atoms with Crippen molar-refractivity contribution in [1.29, 1.82) is 0 Å². The number of carbonyl (C=O) groups excluding carboxylic acids is 2. The highest BCUT2D eigenvalue weighted by Gasteiger charge is 2.31. The van der Waals surface area contributed by atoms with Gasteiger partial charge in [0.1, 0.15) is 24.2 Å². The zero-order valence-corrected chi connectivity index (χ0v) is 19.8. The van der Waals surface area contributed by atoms with E-state index < -0.39 is 16.8 Å². The van der Waals surface area contributed by atoms with E-state index in [1.807, 2.05) is 30.3 Å². The topological polar surface area (TPSA) is 100 Å². The number of ether oxygens (including phenoxy) is 1. The molecule has 174 valence electrons. The molecule has 0 aliphatic carbocycles. The Hall–Kier alpha value is -3.83. The van der Waals surface area contributed by atoms with Crippen molar-refractivity contribution in [1.82, 2.24) is 20.5 Å². The van der Waals surface area contributed by atoms with E-state index in [1.54, 1.807) is 39.1 Å². The van der Waals surface area contributed by atoms with Gasteiger partial charge >= 0.3 is 0 Å². The quantitative estimate of drug-likeness (QED) is 0.444. The van der Waals surface area contributed by atoms with E-state index in [-0.39, 0.29) is 18.3 Å². The van der Waals surface area contributed by atoms with Gasteiger partial charge in [-0.1, -0.05) is 42.2 Å². The number of alkyl halides is 1. The summed E-state index contributed by atoms with van der Waals surface area (Å²) in [6.45, 7) is 3.58. The molecule has 1 aliphatic heterocycles. The monoisotopic (exact) mass is 477 g/mol. The highest BCUT2D eigenvalue weighted by Crippen LogP contribution is 2.31. The van der Waals surface area contributed by atoms with Crippen LogP contribution in [0.1, 0.15) is 41.4 Å². The summed E-state index contributed by atoms with van der Waals surface area (Å²) >= 11 is 6.15. The Labute approximate surface area is 202 Å². The van der Waals surface area contributed by atoms with E-state index in [0.717, 1.165) is 5.56 Å². The lowest BCUT2D eigenvalue weighted by Gasteiger charge is -2.20. The average molecular weight is 478 g/mol. The summed E-state index contributed by atoms with van der Waals surface area (Å²) in [4.78, 5) is 30.9. The fraction of sp³-hybridized carbons (Fsp3) is 0.280. The van der Waals surface area contributed by atoms with Crippen LogP contribution in [0.3, 0.4) is 0 Å². The second kappa shape index (κ2) is 9.57. The van der Waals surface area contributed by atoms with Gasteiger partial charge in [-0.3, -0.25) is 14.7 Å². The lowest BCUT2D eigenvalue weighted by molar-refractivity contribution is -0.120. The maximum atomic E-state index is 13.1. The van der Waals surface area contributed by atoms with Crippen LogP contribution in [0.5, 0.6) is 5.75 Å². The molecule has 1 aromatic heterocycles. The summed E-state index contributed by atoms with van der Waals surface area (Å²) in [6, 6.07) is 14.1. The van der Waals surface area contributed by atoms with Crippen molar-refractivity contribution in [3.8, 4) is 17.6 Å². The Morgan fingerprint density at radius 1 is 1.29 bits per heavy atom. The van der Waals surface area contributed by atoms with Crippen LogP contribution in [0.2, 0.25) is 0 Å². The zero-order valence-electron chi connectivity index (χ0n) is 19.1. The number of hydrogen-bond donors (Lipinski definition) is 2. The van der Waals surface area contributed by atoms with Crippen molar-refractivity contribution in [3.05, 3.63) is 71.3 Å². The summed E-state index contributed by atoms with van der Waals surface area (Å²) in [7, 11) is 1.63. The number of amides is 2. The molecule has 34 heavy (non-hydrogen) atoms. The molecule has 1 aliphatic rings. The fourth-order valence-electron chi connectivity index (χ4n) is 3.39. The summed E-state index contributed by atoms with van der Waals surface area (Å²) < 4.78 is 5.82. The standard InChI is InChI=1S/C25H24ClN5O3/c1-25(2,26)12-11-17-9-10-20-19(13-17)31(3)24(33)18(15-34-20)27-23(32)22-28-21(29-30-22)14-16-7-5-4-6-8-16/h4-10,13,18H,14-15H2,1-3H3,(H,27,32)(H,28,29,30)/t18-/m1/s1. The van der Waals surface area contributed by atoms with Crippen molar-refractivity contribution in [2.45, 2.75) is 31.2 Å². The number of nitrogens with one attached hydrogen (secondary N) is 2. The molecule has 2 heterocycles. The minimum absolute atomic E-state index is 0.0249. The van der Waals surface area contributed by atoms with Gasteiger partial charge < -0.3 is 15.0 Å². The number of H-pyrrole nitrogens is 1. The molecule has 0 bridgehead atoms. The third-order valence-corrected chi connectivity index (χ3v) is 5.21. The summed E-state index contributed by atoms with van der Waals surface area (Å²) in [5, 5.41) is 9.45. The van der Waals surface area contributed by atoms with Gasteiger partial charge in [0, 0.05) is 19.0 Å². The smallest absolute Gasteiger partial charge is 0.291 e. The van der Waals surface area contributed by atoms with Gasteiger partial charge in [0.15, 0.2) is 0 Å². The molecule has 2 N–H and O–H groups in total. The van der Waals surface area contributed by atoms with Crippen LogP contribution in [0, 0.1) is 11.8 Å². The SMILES string of the molecule is CN1C(=O)[C@H](NC(=O)c2n[nH]c(Cc3ccccc3)n2)COc2ccc(C#CC(C)(C)Cl)cc21. The molecule has 4 rings (SSSR count). The Bertz CT molecular complexity index is 1270. The molecule has 0 unspecified atom stereocenters. The van der Waals surface area contributed by atoms with Crippen molar-refractivity contribution < 1.29 is 14.3 Å². The third kappa shape index (κ3) is 5.56. The van der Waals surface area contributed by atoms with Crippen molar-refractivity contribution in [2.24, 2.45) is 0 Å². The third-order valence-electron chi connectivity index (χ3n) is 5.11. The second-order valence-corrected chi connectivity index (χ2v) is 9.35. The molecule has 2 amide bonds. The van der Waals surface area contributed by atoms with Crippen LogP contribution in [0.25, 0.3) is 0 Å². The number of aromatic nitrogens is 3. The number of fused-ring (bicyclic) bond motifs is 1. The normalized spacial score (nSPS) is 15.5. The number of carbonyl (C=O) groups is 2. The molecule has 8 nitrogen and oxygen atoms in total. The Morgan fingerprint density at radius 2 is 2.06 bits per heavy atom. The van der Waals surface area contributed by atoms with Gasteiger partial charge in [-0.2, -0.15) is 0 Å². The zero-order chi connectivity index (χ0) is 24.3. The van der Waals surface area contributed by atoms with E-state index in [0.29, 0.717) is 29.2 Å². The van der Waals surface area contributed by atoms with E-state index in [1.165, 1.54) is 4.90 Å². The maximum Gasteiger partial charge on any atom is 0.291 e. The van der Waals surface area contributed by atoms with Crippen LogP contribution in [0.15, 0.2) is 48.5 Å². The first-order chi connectivity index (χ1) is 16.2. The summed E-state index contributed by atoms with van der Waals surface area (Å²) in [5.74, 6) is 6.11. The summed E-state index contributed by atoms with van der Waals surface area (Å²) in [6.07, 6.45) is 0.511. The van der Waals surface area contributed by atoms with Crippen molar-refractivity contribution >= 4 is 29.1 Å².